The van der Waals surface area contributed by atoms with Crippen LogP contribution in [0.4, 0.5) is 4.79 Å². The summed E-state index contributed by atoms with van der Waals surface area (Å²) in [4.78, 5) is 50.1. The van der Waals surface area contributed by atoms with Gasteiger partial charge >= 0.3 is 18.0 Å². The second-order valence-electron chi connectivity index (χ2n) is 18.8. The van der Waals surface area contributed by atoms with Crippen LogP contribution in [0.2, 0.25) is 0 Å². The summed E-state index contributed by atoms with van der Waals surface area (Å²) >= 11 is 0. The van der Waals surface area contributed by atoms with Gasteiger partial charge in [-0.05, 0) is 64.2 Å². The van der Waals surface area contributed by atoms with Gasteiger partial charge in [-0.25, -0.2) is 4.79 Å². The zero-order valence-corrected chi connectivity index (χ0v) is 49.7. The number of hydrogen-bond donors (Lipinski definition) is 2. The van der Waals surface area contributed by atoms with E-state index in [1.165, 1.54) is 77.0 Å². The van der Waals surface area contributed by atoms with E-state index in [0.717, 1.165) is 77.0 Å². The Morgan fingerprint density at radius 3 is 1.22 bits per heavy atom. The van der Waals surface area contributed by atoms with E-state index in [1.807, 2.05) is 0 Å². The van der Waals surface area contributed by atoms with Gasteiger partial charge in [0.1, 0.15) is 13.2 Å². The number of rotatable bonds is 61. The van der Waals surface area contributed by atoms with Gasteiger partial charge in [-0.3, -0.25) is 14.2 Å². The molecule has 0 saturated carbocycles. The zero-order valence-electron chi connectivity index (χ0n) is 48.8. The minimum absolute atomic E-state index is 0. The van der Waals surface area contributed by atoms with Gasteiger partial charge in [0.25, 0.3) is 7.82 Å². The summed E-state index contributed by atoms with van der Waals surface area (Å²) in [6, 6.07) is 0. The number of carbonyl (C=O) groups excluding carboxylic acids is 3. The van der Waals surface area contributed by atoms with Crippen molar-refractivity contribution in [3.63, 3.8) is 0 Å². The highest BCUT2D eigenvalue weighted by atomic mass is 31.2. The zero-order chi connectivity index (χ0) is 55.4. The van der Waals surface area contributed by atoms with E-state index in [-0.39, 0.29) is 52.0 Å². The van der Waals surface area contributed by atoms with Crippen molar-refractivity contribution in [2.45, 2.75) is 200 Å². The van der Waals surface area contributed by atoms with Gasteiger partial charge in [0, 0.05) is 26.5 Å². The summed E-state index contributed by atoms with van der Waals surface area (Å²) in [7, 11) is -3.27. The summed E-state index contributed by atoms with van der Waals surface area (Å²) in [6.07, 6.45) is 37.1. The SMILES string of the molecule is CCCCCCCC/C=C\CCCCCCCC(=O)OC[C@H](COP(=O)([O-])OCCNC(=O)OCCOCCOCCOCCOCCOCCOCCOC)OC(=O)CCCCCCC/C=C\CCCCCCCC.[NH4+]. The van der Waals surface area contributed by atoms with E-state index in [0.29, 0.717) is 85.5 Å². The number of alkyl carbamates (subject to hydrolysis) is 1. The van der Waals surface area contributed by atoms with Crippen LogP contribution in [-0.2, 0) is 70.6 Å². The molecule has 0 aliphatic heterocycles. The molecule has 1 unspecified atom stereocenters. The van der Waals surface area contributed by atoms with Crippen LogP contribution in [-0.4, -0.2) is 150 Å². The first kappa shape index (κ1) is 76.5. The van der Waals surface area contributed by atoms with Gasteiger partial charge in [0.05, 0.1) is 99.1 Å². The summed E-state index contributed by atoms with van der Waals surface area (Å²) in [5.41, 5.74) is 0. The van der Waals surface area contributed by atoms with Crippen LogP contribution < -0.4 is 16.4 Å². The number of nitrogens with one attached hydrogen (secondary N) is 1. The van der Waals surface area contributed by atoms with Gasteiger partial charge in [0.15, 0.2) is 6.10 Å². The molecule has 1 amide bonds. The molecule has 77 heavy (non-hydrogen) atoms. The second kappa shape index (κ2) is 62.7. The summed E-state index contributed by atoms with van der Waals surface area (Å²) in [5.74, 6) is -0.987. The van der Waals surface area contributed by atoms with E-state index < -0.39 is 45.2 Å². The summed E-state index contributed by atoms with van der Waals surface area (Å²) in [6.45, 7) is 8.35. The van der Waals surface area contributed by atoms with E-state index >= 15 is 0 Å². The molecule has 0 spiro atoms. The molecule has 0 aliphatic rings. The second-order valence-corrected chi connectivity index (χ2v) is 20.2. The Morgan fingerprint density at radius 1 is 0.442 bits per heavy atom. The average molecular weight is 1130 g/mol. The fourth-order valence-electron chi connectivity index (χ4n) is 7.41. The standard InChI is InChI=1S/C57H108NO17P.H3N/c1-4-6-8-10-12-14-16-18-20-22-24-26-28-30-32-34-55(59)72-52-54(75-56(60)35-33-31-29-27-25-23-21-19-17-15-13-11-9-7-5-2)53-74-76(62,63)73-37-36-58-57(61)71-51-50-70-49-48-69-47-46-68-45-44-67-43-42-66-41-40-65-39-38-64-3;/h18-21,54H,4-17,22-53H2,1-3H3,(H,58,61)(H,62,63);1H3/b20-18-,21-19-;/t54-;/m1./s1. The molecule has 0 rings (SSSR count). The number of hydrogen-bond acceptors (Lipinski definition) is 17. The molecule has 0 bridgehead atoms. The summed E-state index contributed by atoms with van der Waals surface area (Å²) in [5, 5.41) is 2.39. The monoisotopic (exact) mass is 1130 g/mol. The number of amides is 1. The molecule has 456 valence electrons. The third kappa shape index (κ3) is 62.5. The Bertz CT molecular complexity index is 1380. The fourth-order valence-corrected chi connectivity index (χ4v) is 8.15. The summed E-state index contributed by atoms with van der Waals surface area (Å²) < 4.78 is 75.9. The molecule has 0 aromatic rings. The van der Waals surface area contributed by atoms with Gasteiger partial charge in [-0.2, -0.15) is 0 Å². The molecular formula is C57H111N2O17P. The largest absolute Gasteiger partial charge is 0.756 e. The number of carbonyl (C=O) groups is 3. The number of phosphoric ester groups is 1. The Balaban J connectivity index is 0. The fraction of sp³-hybridized carbons (Fsp3) is 0.877. The van der Waals surface area contributed by atoms with Crippen LogP contribution in [0, 0.1) is 0 Å². The third-order valence-electron chi connectivity index (χ3n) is 11.8. The van der Waals surface area contributed by atoms with Crippen LogP contribution >= 0.6 is 7.82 Å². The van der Waals surface area contributed by atoms with Crippen LogP contribution in [0.1, 0.15) is 194 Å². The van der Waals surface area contributed by atoms with E-state index in [2.05, 4.69) is 43.5 Å². The molecule has 0 aromatic carbocycles. The Labute approximate surface area is 466 Å². The minimum atomic E-state index is -4.89. The normalized spacial score (nSPS) is 12.7. The van der Waals surface area contributed by atoms with Crippen molar-refractivity contribution in [2.24, 2.45) is 0 Å². The maximum atomic E-state index is 12.8. The number of ether oxygens (including phenoxy) is 10. The van der Waals surface area contributed by atoms with Crippen LogP contribution in [0.3, 0.4) is 0 Å². The van der Waals surface area contributed by atoms with Crippen molar-refractivity contribution in [2.75, 3.05) is 126 Å². The van der Waals surface area contributed by atoms with Crippen molar-refractivity contribution in [1.29, 1.82) is 0 Å². The Morgan fingerprint density at radius 2 is 0.805 bits per heavy atom. The molecule has 0 radical (unpaired) electrons. The molecule has 0 saturated heterocycles. The molecule has 0 aliphatic carbocycles. The highest BCUT2D eigenvalue weighted by molar-refractivity contribution is 7.45. The lowest BCUT2D eigenvalue weighted by Gasteiger charge is -2.25. The molecular weight excluding hydrogens is 1020 g/mol. The topological polar surface area (TPSA) is 251 Å². The van der Waals surface area contributed by atoms with Crippen molar-refractivity contribution < 1.29 is 80.3 Å². The number of unbranched alkanes of at least 4 members (excludes halogenated alkanes) is 22. The third-order valence-corrected chi connectivity index (χ3v) is 12.8. The van der Waals surface area contributed by atoms with Crippen LogP contribution in [0.15, 0.2) is 24.3 Å². The maximum Gasteiger partial charge on any atom is 0.407 e. The first-order chi connectivity index (χ1) is 37.2. The number of quaternary nitrogens is 1. The molecule has 2 atom stereocenters. The average Bonchev–Trinajstić information content (AvgIpc) is 3.41. The van der Waals surface area contributed by atoms with Gasteiger partial charge in [-0.15, -0.1) is 0 Å². The maximum absolute atomic E-state index is 12.8. The lowest BCUT2D eigenvalue weighted by Crippen LogP contribution is -2.31. The molecule has 0 fully saturated rings. The van der Waals surface area contributed by atoms with E-state index in [4.69, 9.17) is 56.4 Å². The lowest BCUT2D eigenvalue weighted by atomic mass is 10.1. The molecule has 5 N–H and O–H groups in total. The van der Waals surface area contributed by atoms with Crippen molar-refractivity contribution in [3.05, 3.63) is 24.3 Å². The van der Waals surface area contributed by atoms with Crippen molar-refractivity contribution in [3.8, 4) is 0 Å². The number of phosphoric acid groups is 1. The molecule has 0 aromatic heterocycles. The lowest BCUT2D eigenvalue weighted by molar-refractivity contribution is -0.228. The minimum Gasteiger partial charge on any atom is -0.756 e. The first-order valence-electron chi connectivity index (χ1n) is 29.3. The Hall–Kier alpha value is -2.52. The van der Waals surface area contributed by atoms with Crippen molar-refractivity contribution in [1.82, 2.24) is 11.5 Å². The quantitative estimate of drug-likeness (QED) is 0.0189. The van der Waals surface area contributed by atoms with Crippen molar-refractivity contribution >= 4 is 25.9 Å². The Kier molecular flexibility index (Phi) is 62.3. The first-order valence-corrected chi connectivity index (χ1v) is 30.8. The molecule has 0 heterocycles. The molecule has 19 nitrogen and oxygen atoms in total. The van der Waals surface area contributed by atoms with Gasteiger partial charge in [-0.1, -0.05) is 141 Å². The van der Waals surface area contributed by atoms with Gasteiger partial charge < -0.3 is 72.8 Å². The predicted molar refractivity (Wildman–Crippen MR) is 301 cm³/mol. The van der Waals surface area contributed by atoms with E-state index in [1.54, 1.807) is 7.11 Å². The number of allylic oxidation sites excluding steroid dienone is 4. The van der Waals surface area contributed by atoms with E-state index in [9.17, 15) is 23.8 Å². The number of esters is 2. The predicted octanol–water partition coefficient (Wildman–Crippen LogP) is 11.9. The molecule has 20 heteroatoms. The van der Waals surface area contributed by atoms with Crippen LogP contribution in [0.5, 0.6) is 0 Å². The van der Waals surface area contributed by atoms with Crippen LogP contribution in [0.25, 0.3) is 0 Å². The highest BCUT2D eigenvalue weighted by Gasteiger charge is 2.21. The highest BCUT2D eigenvalue weighted by Crippen LogP contribution is 2.38. The number of methoxy groups -OCH3 is 1. The van der Waals surface area contributed by atoms with Gasteiger partial charge in [0.2, 0.25) is 0 Å². The smallest absolute Gasteiger partial charge is 0.407 e.